The quantitative estimate of drug-likeness (QED) is 0.534. The zero-order chi connectivity index (χ0) is 4.50. The fraction of sp³-hybridized carbons (Fsp3) is 1.00. The van der Waals surface area contributed by atoms with Gasteiger partial charge in [-0.05, 0) is 0 Å². The summed E-state index contributed by atoms with van der Waals surface area (Å²) in [7, 11) is 0. The molecule has 0 fully saturated rings. The van der Waals surface area contributed by atoms with Gasteiger partial charge in [-0.15, -0.1) is 17.0 Å². The second-order valence-corrected chi connectivity index (χ2v) is 0.542. The highest BCUT2D eigenvalue weighted by Gasteiger charge is 2.16. The van der Waals surface area contributed by atoms with E-state index in [-0.39, 0.29) is 17.0 Å². The lowest BCUT2D eigenvalue weighted by Gasteiger charge is -1.89. The number of hydrogen-bond donors (Lipinski definition) is 1. The molecule has 2 N–H and O–H groups in total. The molecule has 0 amide bonds. The van der Waals surface area contributed by atoms with E-state index >= 15 is 0 Å². The molecule has 0 saturated heterocycles. The number of hydrogen-bond acceptors (Lipinski definition) is 1. The SMILES string of the molecule is Br.NC(F)(F)F. The summed E-state index contributed by atoms with van der Waals surface area (Å²) < 4.78 is 30.4. The molecule has 0 rings (SSSR count). The average molecular weight is 166 g/mol. The minimum atomic E-state index is -4.50. The lowest BCUT2D eigenvalue weighted by atomic mass is 11.3. The van der Waals surface area contributed by atoms with Gasteiger partial charge in [0.2, 0.25) is 0 Å². The topological polar surface area (TPSA) is 26.0 Å². The molecule has 0 bridgehead atoms. The third kappa shape index (κ3) is 834. The van der Waals surface area contributed by atoms with Crippen LogP contribution in [0.2, 0.25) is 0 Å². The van der Waals surface area contributed by atoms with E-state index in [1.165, 1.54) is 0 Å². The van der Waals surface area contributed by atoms with Gasteiger partial charge in [-0.2, -0.15) is 13.2 Å². The molecule has 0 aromatic rings. The number of rotatable bonds is 0. The van der Waals surface area contributed by atoms with Crippen LogP contribution in [-0.4, -0.2) is 6.30 Å². The first kappa shape index (κ1) is 9.52. The molecular weight excluding hydrogens is 163 g/mol. The first-order chi connectivity index (χ1) is 2.00. The summed E-state index contributed by atoms with van der Waals surface area (Å²) in [5.41, 5.74) is 3.35. The Kier molecular flexibility index (Phi) is 3.83. The molecule has 5 heteroatoms. The minimum absolute atomic E-state index is 0. The molecule has 0 spiro atoms. The van der Waals surface area contributed by atoms with E-state index in [2.05, 4.69) is 5.73 Å². The van der Waals surface area contributed by atoms with Crippen molar-refractivity contribution < 1.29 is 13.2 Å². The van der Waals surface area contributed by atoms with Gasteiger partial charge in [0.15, 0.2) is 0 Å². The van der Waals surface area contributed by atoms with Crippen molar-refractivity contribution in [1.82, 2.24) is 0 Å². The minimum Gasteiger partial charge on any atom is -0.242 e. The molecule has 6 heavy (non-hydrogen) atoms. The second-order valence-electron chi connectivity index (χ2n) is 0.542. The molecule has 0 saturated carbocycles. The van der Waals surface area contributed by atoms with Crippen LogP contribution in [0.1, 0.15) is 0 Å². The van der Waals surface area contributed by atoms with E-state index in [9.17, 15) is 13.2 Å². The highest BCUT2D eigenvalue weighted by molar-refractivity contribution is 8.93. The molecule has 0 aromatic carbocycles. The summed E-state index contributed by atoms with van der Waals surface area (Å²) in [4.78, 5) is 0. The lowest BCUT2D eigenvalue weighted by molar-refractivity contribution is -0.122. The summed E-state index contributed by atoms with van der Waals surface area (Å²) in [6.45, 7) is 0. The Labute approximate surface area is 43.1 Å². The Morgan fingerprint density at radius 1 is 1.17 bits per heavy atom. The van der Waals surface area contributed by atoms with Crippen LogP contribution in [0.3, 0.4) is 0 Å². The molecule has 40 valence electrons. The zero-order valence-electron chi connectivity index (χ0n) is 2.62. The summed E-state index contributed by atoms with van der Waals surface area (Å²) in [6.07, 6.45) is -4.50. The Morgan fingerprint density at radius 3 is 1.17 bits per heavy atom. The van der Waals surface area contributed by atoms with Crippen LogP contribution >= 0.6 is 17.0 Å². The first-order valence-electron chi connectivity index (χ1n) is 0.856. The molecule has 0 aromatic heterocycles. The molecule has 0 radical (unpaired) electrons. The molecule has 0 aliphatic rings. The van der Waals surface area contributed by atoms with Crippen molar-refractivity contribution in [2.75, 3.05) is 0 Å². The van der Waals surface area contributed by atoms with Crippen LogP contribution in [0.25, 0.3) is 0 Å². The second kappa shape index (κ2) is 2.41. The maximum atomic E-state index is 10.1. The fourth-order valence-corrected chi connectivity index (χ4v) is 0. The van der Waals surface area contributed by atoms with Crippen LogP contribution < -0.4 is 5.73 Å². The van der Waals surface area contributed by atoms with Gasteiger partial charge in [-0.1, -0.05) is 0 Å². The Hall–Kier alpha value is 0.230. The van der Waals surface area contributed by atoms with E-state index in [1.807, 2.05) is 0 Å². The van der Waals surface area contributed by atoms with Crippen molar-refractivity contribution in [2.45, 2.75) is 6.30 Å². The maximum absolute atomic E-state index is 10.1. The summed E-state index contributed by atoms with van der Waals surface area (Å²) in [5, 5.41) is 0. The van der Waals surface area contributed by atoms with Gasteiger partial charge in [-0.25, -0.2) is 5.73 Å². The molecular formula is CH3BrF3N. The zero-order valence-corrected chi connectivity index (χ0v) is 4.33. The molecule has 0 aliphatic carbocycles. The van der Waals surface area contributed by atoms with E-state index in [0.29, 0.717) is 0 Å². The van der Waals surface area contributed by atoms with Crippen LogP contribution in [-0.2, 0) is 0 Å². The number of nitrogens with two attached hydrogens (primary N) is 1. The van der Waals surface area contributed by atoms with Crippen LogP contribution in [0.4, 0.5) is 13.2 Å². The number of alkyl halides is 3. The third-order valence-electron chi connectivity index (χ3n) is 0. The van der Waals surface area contributed by atoms with Crippen molar-refractivity contribution in [3.8, 4) is 0 Å². The Balaban J connectivity index is 0. The van der Waals surface area contributed by atoms with Gasteiger partial charge >= 0.3 is 6.30 Å². The predicted octanol–water partition coefficient (Wildman–Crippen LogP) is 1.04. The maximum Gasteiger partial charge on any atom is 0.454 e. The van der Waals surface area contributed by atoms with Gasteiger partial charge in [0.1, 0.15) is 0 Å². The van der Waals surface area contributed by atoms with Crippen LogP contribution in [0, 0.1) is 0 Å². The third-order valence-corrected chi connectivity index (χ3v) is 0. The highest BCUT2D eigenvalue weighted by Crippen LogP contribution is 2.01. The lowest BCUT2D eigenvalue weighted by Crippen LogP contribution is -2.20. The van der Waals surface area contributed by atoms with Gasteiger partial charge in [-0.3, -0.25) is 0 Å². The summed E-state index contributed by atoms with van der Waals surface area (Å²) in [5.74, 6) is 0. The van der Waals surface area contributed by atoms with Crippen molar-refractivity contribution in [3.63, 3.8) is 0 Å². The molecule has 0 aliphatic heterocycles. The van der Waals surface area contributed by atoms with Gasteiger partial charge in [0.05, 0.1) is 0 Å². The smallest absolute Gasteiger partial charge is 0.242 e. The number of halogens is 4. The largest absolute Gasteiger partial charge is 0.454 e. The normalized spacial score (nSPS) is 10.0. The van der Waals surface area contributed by atoms with Crippen molar-refractivity contribution in [2.24, 2.45) is 5.73 Å². The standard InChI is InChI=1S/CH2F3N.BrH/c2-1(3,4)5;/h5H2;1H. The summed E-state index contributed by atoms with van der Waals surface area (Å²) >= 11 is 0. The van der Waals surface area contributed by atoms with Crippen LogP contribution in [0.5, 0.6) is 0 Å². The van der Waals surface area contributed by atoms with Gasteiger partial charge < -0.3 is 0 Å². The average Bonchev–Trinajstić information content (AvgIpc) is 0.722. The summed E-state index contributed by atoms with van der Waals surface area (Å²) in [6, 6.07) is 0. The van der Waals surface area contributed by atoms with Gasteiger partial charge in [0, 0.05) is 0 Å². The fourth-order valence-electron chi connectivity index (χ4n) is 0. The predicted molar refractivity (Wildman–Crippen MR) is 20.6 cm³/mol. The monoisotopic (exact) mass is 165 g/mol. The van der Waals surface area contributed by atoms with E-state index in [4.69, 9.17) is 0 Å². The molecule has 0 heterocycles. The van der Waals surface area contributed by atoms with Crippen LogP contribution in [0.15, 0.2) is 0 Å². The van der Waals surface area contributed by atoms with Crippen molar-refractivity contribution in [3.05, 3.63) is 0 Å². The molecule has 0 atom stereocenters. The first-order valence-corrected chi connectivity index (χ1v) is 0.856. The van der Waals surface area contributed by atoms with Gasteiger partial charge in [0.25, 0.3) is 0 Å². The van der Waals surface area contributed by atoms with Crippen molar-refractivity contribution >= 4 is 17.0 Å². The molecule has 1 nitrogen and oxygen atoms in total. The van der Waals surface area contributed by atoms with E-state index < -0.39 is 6.30 Å². The van der Waals surface area contributed by atoms with E-state index in [0.717, 1.165) is 0 Å². The Morgan fingerprint density at radius 2 is 1.17 bits per heavy atom. The Bertz CT molecular complexity index is 26.3. The van der Waals surface area contributed by atoms with E-state index in [1.54, 1.807) is 0 Å². The van der Waals surface area contributed by atoms with Crippen molar-refractivity contribution in [1.29, 1.82) is 0 Å². The molecule has 0 unspecified atom stereocenters. The highest BCUT2D eigenvalue weighted by atomic mass is 79.9.